The number of hydrogen-bond donors (Lipinski definition) is 2. The van der Waals surface area contributed by atoms with Crippen LogP contribution in [0.4, 0.5) is 5.82 Å². The van der Waals surface area contributed by atoms with E-state index in [-0.39, 0.29) is 5.48 Å². The van der Waals surface area contributed by atoms with Crippen LogP contribution < -0.4 is 5.32 Å². The molecule has 0 atom stereocenters. The highest BCUT2D eigenvalue weighted by molar-refractivity contribution is 7.22. The lowest BCUT2D eigenvalue weighted by molar-refractivity contribution is -0.131. The number of rotatable bonds is 6. The van der Waals surface area contributed by atoms with Gasteiger partial charge in [0, 0.05) is 49.7 Å². The Hall–Kier alpha value is -2.99. The molecule has 170 valence electrons. The van der Waals surface area contributed by atoms with Crippen LogP contribution in [0, 0.1) is 0 Å². The predicted molar refractivity (Wildman–Crippen MR) is 123 cm³/mol. The molecule has 1 aliphatic heterocycles. The molecule has 0 aliphatic carbocycles. The molecular formula is C20H23ClN6O4S. The third-order valence-electron chi connectivity index (χ3n) is 4.57. The molecule has 0 spiro atoms. The molecule has 4 N–H and O–H groups in total. The monoisotopic (exact) mass is 478 g/mol. The minimum absolute atomic E-state index is 0. The van der Waals surface area contributed by atoms with Gasteiger partial charge in [-0.2, -0.15) is 0 Å². The number of thiophene rings is 1. The first kappa shape index (κ1) is 25.3. The Labute approximate surface area is 193 Å². The fourth-order valence-corrected chi connectivity index (χ4v) is 4.22. The van der Waals surface area contributed by atoms with Gasteiger partial charge in [0.2, 0.25) is 0 Å². The van der Waals surface area contributed by atoms with E-state index in [9.17, 15) is 9.59 Å². The average molecular weight is 479 g/mol. The Balaban J connectivity index is 0.000000398. The Bertz CT molecular complexity index is 1040. The number of halogens is 1. The van der Waals surface area contributed by atoms with Crippen molar-refractivity contribution in [3.63, 3.8) is 0 Å². The molecule has 1 fully saturated rings. The molecule has 3 aromatic heterocycles. The summed E-state index contributed by atoms with van der Waals surface area (Å²) in [5.41, 5.74) is 1.16. The predicted octanol–water partition coefficient (Wildman–Crippen LogP) is 2.21. The van der Waals surface area contributed by atoms with Crippen LogP contribution >= 0.6 is 22.9 Å². The number of allylic oxidation sites excluding steroid dienone is 1. The summed E-state index contributed by atoms with van der Waals surface area (Å²) in [4.78, 5) is 39.1. The van der Waals surface area contributed by atoms with Gasteiger partial charge in [0.1, 0.15) is 29.6 Å². The van der Waals surface area contributed by atoms with Crippen molar-refractivity contribution in [2.24, 2.45) is 0 Å². The SMILES string of the molecule is Clc1cc2c(NC3CCN(Cc4cncnc4)CC3)ncnc2s1.O.O=C/C=C\C(=O)O. The molecule has 32 heavy (non-hydrogen) atoms. The van der Waals surface area contributed by atoms with Crippen molar-refractivity contribution in [3.8, 4) is 0 Å². The number of anilines is 1. The summed E-state index contributed by atoms with van der Waals surface area (Å²) in [5.74, 6) is -0.217. The number of nitrogens with zero attached hydrogens (tertiary/aromatic N) is 5. The minimum atomic E-state index is -1.10. The largest absolute Gasteiger partial charge is 0.478 e. The Morgan fingerprint density at radius 1 is 1.25 bits per heavy atom. The topological polar surface area (TPSA) is 153 Å². The summed E-state index contributed by atoms with van der Waals surface area (Å²) in [6, 6.07) is 2.36. The molecule has 0 radical (unpaired) electrons. The standard InChI is InChI=1S/C16H17ClN6S.C4H4O3.H2O/c17-14-5-13-15(20-10-21-16(13)24-14)22-12-1-3-23(4-2-12)8-11-6-18-9-19-7-11;5-3-1-2-4(6)7;/h5-7,9-10,12H,1-4,8H2,(H,20,21,22);1-3H,(H,6,7);1H2/b;2-1-;. The molecule has 4 heterocycles. The lowest BCUT2D eigenvalue weighted by atomic mass is 10.0. The zero-order valence-corrected chi connectivity index (χ0v) is 18.6. The number of aliphatic carboxylic acids is 1. The molecule has 0 saturated carbocycles. The Morgan fingerprint density at radius 2 is 1.97 bits per heavy atom. The normalized spacial score (nSPS) is 14.4. The van der Waals surface area contributed by atoms with Crippen molar-refractivity contribution in [1.29, 1.82) is 0 Å². The minimum Gasteiger partial charge on any atom is -0.478 e. The average Bonchev–Trinajstić information content (AvgIpc) is 3.16. The van der Waals surface area contributed by atoms with E-state index in [0.29, 0.717) is 12.3 Å². The number of carboxylic acid groups (broad SMARTS) is 1. The summed E-state index contributed by atoms with van der Waals surface area (Å²) in [5, 5.41) is 12.4. The van der Waals surface area contributed by atoms with Gasteiger partial charge in [-0.05, 0) is 25.0 Å². The van der Waals surface area contributed by atoms with Gasteiger partial charge < -0.3 is 15.9 Å². The molecule has 3 aromatic rings. The van der Waals surface area contributed by atoms with E-state index >= 15 is 0 Å². The summed E-state index contributed by atoms with van der Waals surface area (Å²) in [6.45, 7) is 3.00. The number of aromatic nitrogens is 4. The Kier molecular flexibility index (Phi) is 10.1. The molecule has 0 amide bonds. The molecule has 10 nitrogen and oxygen atoms in total. The molecule has 1 saturated heterocycles. The number of aldehydes is 1. The van der Waals surface area contributed by atoms with Crippen molar-refractivity contribution in [3.05, 3.63) is 53.2 Å². The van der Waals surface area contributed by atoms with Gasteiger partial charge in [-0.25, -0.2) is 24.7 Å². The lowest BCUT2D eigenvalue weighted by Gasteiger charge is -2.32. The number of carboxylic acids is 1. The quantitative estimate of drug-likeness (QED) is 0.401. The van der Waals surface area contributed by atoms with Crippen molar-refractivity contribution in [2.75, 3.05) is 18.4 Å². The van der Waals surface area contributed by atoms with Gasteiger partial charge in [-0.15, -0.1) is 11.3 Å². The molecule has 12 heteroatoms. The first-order valence-corrected chi connectivity index (χ1v) is 10.7. The van der Waals surface area contributed by atoms with Crippen LogP contribution in [0.15, 0.2) is 43.3 Å². The van der Waals surface area contributed by atoms with Gasteiger partial charge >= 0.3 is 5.97 Å². The Morgan fingerprint density at radius 3 is 2.59 bits per heavy atom. The summed E-state index contributed by atoms with van der Waals surface area (Å²) >= 11 is 7.58. The fourth-order valence-electron chi connectivity index (χ4n) is 3.16. The zero-order valence-electron chi connectivity index (χ0n) is 17.0. The number of likely N-dealkylation sites (tertiary alicyclic amines) is 1. The summed E-state index contributed by atoms with van der Waals surface area (Å²) in [7, 11) is 0. The number of piperidine rings is 1. The third kappa shape index (κ3) is 7.61. The van der Waals surface area contributed by atoms with Crippen molar-refractivity contribution < 1.29 is 20.2 Å². The van der Waals surface area contributed by atoms with Crippen LogP contribution in [-0.2, 0) is 16.1 Å². The van der Waals surface area contributed by atoms with Crippen molar-refractivity contribution >= 4 is 51.2 Å². The number of hydrogen-bond acceptors (Lipinski definition) is 9. The number of carbonyl (C=O) groups is 2. The van der Waals surface area contributed by atoms with E-state index in [1.807, 2.05) is 18.5 Å². The second-order valence-electron chi connectivity index (χ2n) is 6.77. The summed E-state index contributed by atoms with van der Waals surface area (Å²) < 4.78 is 0.744. The second kappa shape index (κ2) is 12.8. The van der Waals surface area contributed by atoms with E-state index in [2.05, 4.69) is 30.2 Å². The number of nitrogens with one attached hydrogen (secondary N) is 1. The number of carbonyl (C=O) groups excluding carboxylic acids is 1. The van der Waals surface area contributed by atoms with Gasteiger partial charge in [0.05, 0.1) is 9.72 Å². The maximum Gasteiger partial charge on any atom is 0.328 e. The van der Waals surface area contributed by atoms with Crippen LogP contribution in [-0.4, -0.2) is 66.8 Å². The first-order valence-electron chi connectivity index (χ1n) is 9.52. The molecule has 4 rings (SSSR count). The highest BCUT2D eigenvalue weighted by atomic mass is 35.5. The van der Waals surface area contributed by atoms with E-state index in [0.717, 1.165) is 70.6 Å². The highest BCUT2D eigenvalue weighted by Crippen LogP contribution is 2.32. The molecule has 0 unspecified atom stereocenters. The van der Waals surface area contributed by atoms with Gasteiger partial charge in [-0.1, -0.05) is 11.6 Å². The zero-order chi connectivity index (χ0) is 22.1. The smallest absolute Gasteiger partial charge is 0.328 e. The van der Waals surface area contributed by atoms with Crippen LogP contribution in [0.1, 0.15) is 18.4 Å². The molecule has 0 bridgehead atoms. The van der Waals surface area contributed by atoms with E-state index < -0.39 is 5.97 Å². The van der Waals surface area contributed by atoms with Crippen LogP contribution in [0.3, 0.4) is 0 Å². The van der Waals surface area contributed by atoms with Gasteiger partial charge in [-0.3, -0.25) is 9.69 Å². The molecular weight excluding hydrogens is 456 g/mol. The lowest BCUT2D eigenvalue weighted by Crippen LogP contribution is -2.38. The maximum atomic E-state index is 9.51. The first-order chi connectivity index (χ1) is 15.0. The van der Waals surface area contributed by atoms with E-state index in [4.69, 9.17) is 16.7 Å². The van der Waals surface area contributed by atoms with E-state index in [1.165, 1.54) is 11.3 Å². The van der Waals surface area contributed by atoms with Gasteiger partial charge in [0.15, 0.2) is 0 Å². The molecule has 1 aliphatic rings. The fraction of sp³-hybridized carbons (Fsp3) is 0.300. The van der Waals surface area contributed by atoms with Crippen LogP contribution in [0.25, 0.3) is 10.2 Å². The van der Waals surface area contributed by atoms with Crippen LogP contribution in [0.5, 0.6) is 0 Å². The summed E-state index contributed by atoms with van der Waals surface area (Å²) in [6.07, 6.45) is 11.2. The van der Waals surface area contributed by atoms with Crippen molar-refractivity contribution in [1.82, 2.24) is 24.8 Å². The van der Waals surface area contributed by atoms with Crippen molar-refractivity contribution in [2.45, 2.75) is 25.4 Å². The van der Waals surface area contributed by atoms with E-state index in [1.54, 1.807) is 12.7 Å². The highest BCUT2D eigenvalue weighted by Gasteiger charge is 2.20. The van der Waals surface area contributed by atoms with Crippen LogP contribution in [0.2, 0.25) is 4.34 Å². The number of fused-ring (bicyclic) bond motifs is 1. The third-order valence-corrected chi connectivity index (χ3v) is 5.74. The van der Waals surface area contributed by atoms with Gasteiger partial charge in [0.25, 0.3) is 0 Å². The maximum absolute atomic E-state index is 9.51. The molecule has 0 aromatic carbocycles. The second-order valence-corrected chi connectivity index (χ2v) is 8.43.